The highest BCUT2D eigenvalue weighted by atomic mass is 35.5. The number of aromatic nitrogens is 1. The van der Waals surface area contributed by atoms with Gasteiger partial charge in [-0.2, -0.15) is 0 Å². The highest BCUT2D eigenvalue weighted by molar-refractivity contribution is 7.19. The van der Waals surface area contributed by atoms with Crippen LogP contribution in [0, 0.1) is 0 Å². The second-order valence-electron chi connectivity index (χ2n) is 4.17. The van der Waals surface area contributed by atoms with Crippen molar-refractivity contribution in [1.29, 1.82) is 0 Å². The van der Waals surface area contributed by atoms with Gasteiger partial charge in [0.05, 0.1) is 15.2 Å². The topological polar surface area (TPSA) is 59.4 Å². The van der Waals surface area contributed by atoms with Crippen LogP contribution in [0.5, 0.6) is 0 Å². The third-order valence-corrected chi connectivity index (χ3v) is 4.58. The van der Waals surface area contributed by atoms with Gasteiger partial charge in [-0.3, -0.25) is 0 Å². The number of aliphatic carboxylic acids is 1. The number of benzene rings is 1. The van der Waals surface area contributed by atoms with Gasteiger partial charge in [0.1, 0.15) is 11.1 Å². The predicted octanol–water partition coefficient (Wildman–Crippen LogP) is 3.25. The van der Waals surface area contributed by atoms with E-state index >= 15 is 0 Å². The lowest BCUT2D eigenvalue weighted by molar-refractivity contribution is -0.149. The Morgan fingerprint density at radius 1 is 1.50 bits per heavy atom. The summed E-state index contributed by atoms with van der Waals surface area (Å²) in [6.07, 6.45) is 0.287. The molecule has 1 aliphatic rings. The van der Waals surface area contributed by atoms with E-state index < -0.39 is 12.1 Å². The van der Waals surface area contributed by atoms with Crippen molar-refractivity contribution >= 4 is 39.1 Å². The lowest BCUT2D eigenvalue weighted by Gasteiger charge is -2.07. The molecular formula is C12H10ClNO3S. The first-order chi connectivity index (χ1) is 8.65. The van der Waals surface area contributed by atoms with Crippen LogP contribution < -0.4 is 0 Å². The fraction of sp³-hybridized carbons (Fsp3) is 0.333. The zero-order valence-corrected chi connectivity index (χ0v) is 10.9. The molecule has 2 aromatic rings. The van der Waals surface area contributed by atoms with E-state index in [4.69, 9.17) is 21.4 Å². The molecule has 1 aromatic carbocycles. The van der Waals surface area contributed by atoms with Crippen LogP contribution in [0.25, 0.3) is 10.2 Å². The minimum Gasteiger partial charge on any atom is -0.479 e. The van der Waals surface area contributed by atoms with Crippen molar-refractivity contribution in [2.75, 3.05) is 0 Å². The van der Waals surface area contributed by atoms with Crippen LogP contribution in [0.2, 0.25) is 5.02 Å². The number of hydrogen-bond donors (Lipinski definition) is 1. The van der Waals surface area contributed by atoms with Gasteiger partial charge in [-0.15, -0.1) is 11.3 Å². The number of rotatable bonds is 2. The molecule has 2 atom stereocenters. The van der Waals surface area contributed by atoms with E-state index in [-0.39, 0.29) is 6.10 Å². The molecule has 0 radical (unpaired) electrons. The quantitative estimate of drug-likeness (QED) is 0.919. The predicted molar refractivity (Wildman–Crippen MR) is 69.1 cm³/mol. The van der Waals surface area contributed by atoms with Crippen molar-refractivity contribution in [3.8, 4) is 0 Å². The number of fused-ring (bicyclic) bond motifs is 1. The highest BCUT2D eigenvalue weighted by Gasteiger charge is 2.33. The first kappa shape index (κ1) is 11.9. The summed E-state index contributed by atoms with van der Waals surface area (Å²) in [7, 11) is 0. The second kappa shape index (κ2) is 4.50. The maximum Gasteiger partial charge on any atom is 0.332 e. The summed E-state index contributed by atoms with van der Waals surface area (Å²) in [6.45, 7) is 0. The maximum atomic E-state index is 10.8. The molecule has 94 valence electrons. The SMILES string of the molecule is O=C(O)C1CCC(c2nc3cccc(Cl)c3s2)O1. The normalized spacial score (nSPS) is 23.6. The number of hydrogen-bond acceptors (Lipinski definition) is 4. The average Bonchev–Trinajstić information content (AvgIpc) is 2.95. The van der Waals surface area contributed by atoms with E-state index in [0.29, 0.717) is 17.9 Å². The summed E-state index contributed by atoms with van der Waals surface area (Å²) in [6, 6.07) is 5.57. The zero-order valence-electron chi connectivity index (χ0n) is 9.30. The van der Waals surface area contributed by atoms with Crippen molar-refractivity contribution in [1.82, 2.24) is 4.98 Å². The molecule has 3 rings (SSSR count). The van der Waals surface area contributed by atoms with E-state index in [2.05, 4.69) is 4.98 Å². The van der Waals surface area contributed by atoms with Crippen molar-refractivity contribution in [3.05, 3.63) is 28.2 Å². The fourth-order valence-corrected chi connectivity index (χ4v) is 3.40. The molecule has 2 unspecified atom stereocenters. The van der Waals surface area contributed by atoms with Gasteiger partial charge in [-0.05, 0) is 25.0 Å². The molecule has 1 aromatic heterocycles. The van der Waals surface area contributed by atoms with E-state index in [9.17, 15) is 4.79 Å². The van der Waals surface area contributed by atoms with Gasteiger partial charge in [-0.25, -0.2) is 9.78 Å². The molecular weight excluding hydrogens is 274 g/mol. The molecule has 0 aliphatic carbocycles. The number of ether oxygens (including phenoxy) is 1. The van der Waals surface area contributed by atoms with Crippen molar-refractivity contribution in [3.63, 3.8) is 0 Å². The van der Waals surface area contributed by atoms with Crippen LogP contribution in [0.15, 0.2) is 18.2 Å². The Morgan fingerprint density at radius 2 is 2.33 bits per heavy atom. The molecule has 1 aliphatic heterocycles. The summed E-state index contributed by atoms with van der Waals surface area (Å²) in [5.41, 5.74) is 0.838. The summed E-state index contributed by atoms with van der Waals surface area (Å²) < 4.78 is 6.41. The van der Waals surface area contributed by atoms with Gasteiger partial charge in [0, 0.05) is 0 Å². The number of carbonyl (C=O) groups is 1. The minimum absolute atomic E-state index is 0.223. The number of carboxylic acids is 1. The molecule has 0 bridgehead atoms. The molecule has 4 nitrogen and oxygen atoms in total. The van der Waals surface area contributed by atoms with Crippen molar-refractivity contribution in [2.24, 2.45) is 0 Å². The van der Waals surface area contributed by atoms with Crippen LogP contribution >= 0.6 is 22.9 Å². The van der Waals surface area contributed by atoms with Gasteiger partial charge >= 0.3 is 5.97 Å². The Labute approximate surface area is 112 Å². The lowest BCUT2D eigenvalue weighted by atomic mass is 10.2. The van der Waals surface area contributed by atoms with Crippen LogP contribution in [0.3, 0.4) is 0 Å². The van der Waals surface area contributed by atoms with E-state index in [0.717, 1.165) is 15.2 Å². The lowest BCUT2D eigenvalue weighted by Crippen LogP contribution is -2.18. The number of halogens is 1. The Balaban J connectivity index is 1.92. The summed E-state index contributed by atoms with van der Waals surface area (Å²) in [4.78, 5) is 15.3. The Kier molecular flexibility index (Phi) is 2.97. The molecule has 6 heteroatoms. The summed E-state index contributed by atoms with van der Waals surface area (Å²) >= 11 is 7.57. The van der Waals surface area contributed by atoms with Gasteiger partial charge < -0.3 is 9.84 Å². The standard InChI is InChI=1S/C12H10ClNO3S/c13-6-2-1-3-7-10(6)18-11(14-7)8-4-5-9(17-8)12(15)16/h1-3,8-9H,4-5H2,(H,15,16). The van der Waals surface area contributed by atoms with Gasteiger partial charge in [-0.1, -0.05) is 17.7 Å². The second-order valence-corrected chi connectivity index (χ2v) is 5.61. The van der Waals surface area contributed by atoms with Crippen LogP contribution in [0.1, 0.15) is 24.0 Å². The highest BCUT2D eigenvalue weighted by Crippen LogP contribution is 2.38. The first-order valence-corrected chi connectivity index (χ1v) is 6.78. The largest absolute Gasteiger partial charge is 0.479 e. The Morgan fingerprint density at radius 3 is 3.00 bits per heavy atom. The monoisotopic (exact) mass is 283 g/mol. The third kappa shape index (κ3) is 1.98. The first-order valence-electron chi connectivity index (χ1n) is 5.58. The number of thiazole rings is 1. The molecule has 18 heavy (non-hydrogen) atoms. The van der Waals surface area contributed by atoms with Gasteiger partial charge in [0.15, 0.2) is 6.10 Å². The molecule has 0 spiro atoms. The number of nitrogens with zero attached hydrogens (tertiary/aromatic N) is 1. The molecule has 1 fully saturated rings. The van der Waals surface area contributed by atoms with Crippen LogP contribution in [0.4, 0.5) is 0 Å². The molecule has 0 saturated carbocycles. The Bertz CT molecular complexity index is 612. The van der Waals surface area contributed by atoms with Crippen molar-refractivity contribution in [2.45, 2.75) is 25.0 Å². The van der Waals surface area contributed by atoms with Crippen LogP contribution in [-0.2, 0) is 9.53 Å². The average molecular weight is 284 g/mol. The summed E-state index contributed by atoms with van der Waals surface area (Å²) in [5.74, 6) is -0.906. The van der Waals surface area contributed by atoms with Crippen molar-refractivity contribution < 1.29 is 14.6 Å². The van der Waals surface area contributed by atoms with E-state index in [1.54, 1.807) is 0 Å². The Hall–Kier alpha value is -1.17. The summed E-state index contributed by atoms with van der Waals surface area (Å²) in [5, 5.41) is 10.4. The van der Waals surface area contributed by atoms with Crippen LogP contribution in [-0.4, -0.2) is 22.2 Å². The zero-order chi connectivity index (χ0) is 12.7. The minimum atomic E-state index is -0.906. The van der Waals surface area contributed by atoms with Gasteiger partial charge in [0.25, 0.3) is 0 Å². The number of carboxylic acid groups (broad SMARTS) is 1. The molecule has 2 heterocycles. The van der Waals surface area contributed by atoms with E-state index in [1.165, 1.54) is 11.3 Å². The smallest absolute Gasteiger partial charge is 0.332 e. The van der Waals surface area contributed by atoms with E-state index in [1.807, 2.05) is 18.2 Å². The molecule has 1 N–H and O–H groups in total. The van der Waals surface area contributed by atoms with Gasteiger partial charge in [0.2, 0.25) is 0 Å². The third-order valence-electron chi connectivity index (χ3n) is 2.95. The molecule has 0 amide bonds. The fourth-order valence-electron chi connectivity index (χ4n) is 2.07. The maximum absolute atomic E-state index is 10.8. The molecule has 1 saturated heterocycles.